The molecular weight excluding hydrogens is 366 g/mol. The van der Waals surface area contributed by atoms with Gasteiger partial charge in [-0.2, -0.15) is 0 Å². The zero-order chi connectivity index (χ0) is 18.1. The summed E-state index contributed by atoms with van der Waals surface area (Å²) < 4.78 is 1.81. The monoisotopic (exact) mass is 387 g/mol. The van der Waals surface area contributed by atoms with E-state index >= 15 is 0 Å². The van der Waals surface area contributed by atoms with E-state index in [-0.39, 0.29) is 11.5 Å². The summed E-state index contributed by atoms with van der Waals surface area (Å²) in [5.74, 6) is 0.757. The molecule has 136 valence electrons. The van der Waals surface area contributed by atoms with E-state index in [2.05, 4.69) is 11.4 Å². The fourth-order valence-corrected chi connectivity index (χ4v) is 5.28. The Morgan fingerprint density at radius 1 is 1.35 bits per heavy atom. The van der Waals surface area contributed by atoms with Gasteiger partial charge in [-0.05, 0) is 43.2 Å². The maximum Gasteiger partial charge on any atom is 0.262 e. The lowest BCUT2D eigenvalue weighted by Gasteiger charge is -2.08. The number of carbonyl (C=O) groups excluding carboxylic acids is 1. The molecule has 3 aromatic heterocycles. The smallest absolute Gasteiger partial charge is 0.262 e. The van der Waals surface area contributed by atoms with Crippen molar-refractivity contribution in [3.63, 3.8) is 0 Å². The Kier molecular flexibility index (Phi) is 4.91. The lowest BCUT2D eigenvalue weighted by atomic mass is 10.2. The van der Waals surface area contributed by atoms with Crippen LogP contribution in [0.25, 0.3) is 10.2 Å². The second-order valence-electron chi connectivity index (χ2n) is 6.62. The highest BCUT2D eigenvalue weighted by Gasteiger charge is 2.22. The number of amides is 1. The van der Waals surface area contributed by atoms with Crippen LogP contribution < -0.4 is 10.9 Å². The molecule has 7 heteroatoms. The molecule has 0 fully saturated rings. The highest BCUT2D eigenvalue weighted by molar-refractivity contribution is 7.20. The van der Waals surface area contributed by atoms with Gasteiger partial charge in [-0.1, -0.05) is 12.5 Å². The molecule has 0 bridgehead atoms. The van der Waals surface area contributed by atoms with Crippen molar-refractivity contribution in [2.24, 2.45) is 0 Å². The first-order valence-electron chi connectivity index (χ1n) is 8.98. The molecule has 0 aliphatic carbocycles. The number of aromatic nitrogens is 2. The van der Waals surface area contributed by atoms with Gasteiger partial charge in [0.25, 0.3) is 11.5 Å². The Morgan fingerprint density at radius 2 is 2.23 bits per heavy atom. The number of nitrogens with one attached hydrogen (secondary N) is 1. The summed E-state index contributed by atoms with van der Waals surface area (Å²) in [5.41, 5.74) is 0.772. The highest BCUT2D eigenvalue weighted by Crippen LogP contribution is 2.28. The van der Waals surface area contributed by atoms with Crippen molar-refractivity contribution < 1.29 is 4.79 Å². The number of fused-ring (bicyclic) bond motifs is 2. The number of hydrogen-bond acceptors (Lipinski definition) is 5. The van der Waals surface area contributed by atoms with Crippen LogP contribution in [-0.2, 0) is 19.4 Å². The van der Waals surface area contributed by atoms with Crippen molar-refractivity contribution in [2.75, 3.05) is 6.54 Å². The zero-order valence-electron chi connectivity index (χ0n) is 14.7. The van der Waals surface area contributed by atoms with Crippen molar-refractivity contribution in [2.45, 2.75) is 45.6 Å². The summed E-state index contributed by atoms with van der Waals surface area (Å²) in [6.45, 7) is 3.18. The van der Waals surface area contributed by atoms with Crippen LogP contribution >= 0.6 is 22.7 Å². The molecule has 4 rings (SSSR count). The van der Waals surface area contributed by atoms with E-state index in [1.807, 2.05) is 22.9 Å². The first-order valence-corrected chi connectivity index (χ1v) is 10.7. The number of carbonyl (C=O) groups is 1. The van der Waals surface area contributed by atoms with Gasteiger partial charge in [0.15, 0.2) is 0 Å². The normalized spacial score (nSPS) is 14.2. The van der Waals surface area contributed by atoms with Crippen LogP contribution in [0.3, 0.4) is 0 Å². The summed E-state index contributed by atoms with van der Waals surface area (Å²) in [6.07, 6.45) is 4.87. The maximum atomic E-state index is 13.0. The van der Waals surface area contributed by atoms with Crippen LogP contribution in [0, 0.1) is 6.92 Å². The predicted molar refractivity (Wildman–Crippen MR) is 107 cm³/mol. The summed E-state index contributed by atoms with van der Waals surface area (Å²) in [7, 11) is 0. The minimum atomic E-state index is -0.110. The molecule has 3 aromatic rings. The van der Waals surface area contributed by atoms with Crippen molar-refractivity contribution in [3.05, 3.63) is 49.0 Å². The second kappa shape index (κ2) is 7.32. The Hall–Kier alpha value is -1.99. The largest absolute Gasteiger partial charge is 0.351 e. The third-order valence-corrected chi connectivity index (χ3v) is 6.98. The van der Waals surface area contributed by atoms with Crippen LogP contribution in [0.1, 0.15) is 45.2 Å². The average molecular weight is 388 g/mol. The van der Waals surface area contributed by atoms with Crippen LogP contribution in [0.4, 0.5) is 0 Å². The maximum absolute atomic E-state index is 13.0. The van der Waals surface area contributed by atoms with Gasteiger partial charge in [-0.3, -0.25) is 14.2 Å². The van der Waals surface area contributed by atoms with E-state index in [9.17, 15) is 9.59 Å². The zero-order valence-corrected chi connectivity index (χ0v) is 16.3. The van der Waals surface area contributed by atoms with Crippen LogP contribution in [-0.4, -0.2) is 22.0 Å². The third-order valence-electron chi connectivity index (χ3n) is 4.85. The van der Waals surface area contributed by atoms with E-state index in [0.29, 0.717) is 21.6 Å². The van der Waals surface area contributed by atoms with Crippen molar-refractivity contribution in [1.82, 2.24) is 14.9 Å². The summed E-state index contributed by atoms with van der Waals surface area (Å²) in [6, 6.07) is 4.08. The van der Waals surface area contributed by atoms with Gasteiger partial charge in [0.1, 0.15) is 10.7 Å². The van der Waals surface area contributed by atoms with Gasteiger partial charge in [-0.15, -0.1) is 22.7 Å². The van der Waals surface area contributed by atoms with E-state index in [0.717, 1.165) is 50.0 Å². The molecule has 0 saturated heterocycles. The second-order valence-corrected chi connectivity index (χ2v) is 8.65. The predicted octanol–water partition coefficient (Wildman–Crippen LogP) is 3.53. The topological polar surface area (TPSA) is 64.0 Å². The average Bonchev–Trinajstić information content (AvgIpc) is 3.17. The number of nitrogens with zero attached hydrogens (tertiary/aromatic N) is 2. The fourth-order valence-electron chi connectivity index (χ4n) is 3.46. The van der Waals surface area contributed by atoms with Gasteiger partial charge in [0.05, 0.1) is 10.3 Å². The molecule has 1 N–H and O–H groups in total. The van der Waals surface area contributed by atoms with Crippen LogP contribution in [0.5, 0.6) is 0 Å². The van der Waals surface area contributed by atoms with Crippen molar-refractivity contribution in [3.8, 4) is 0 Å². The van der Waals surface area contributed by atoms with E-state index < -0.39 is 0 Å². The molecule has 1 aliphatic rings. The molecule has 0 unspecified atom stereocenters. The van der Waals surface area contributed by atoms with E-state index in [4.69, 9.17) is 4.98 Å². The highest BCUT2D eigenvalue weighted by atomic mass is 32.1. The van der Waals surface area contributed by atoms with Gasteiger partial charge in [0, 0.05) is 24.4 Å². The van der Waals surface area contributed by atoms with Crippen LogP contribution in [0.15, 0.2) is 22.3 Å². The van der Waals surface area contributed by atoms with Gasteiger partial charge >= 0.3 is 0 Å². The molecule has 0 aromatic carbocycles. The molecular formula is C19H21N3O2S2. The number of thiophene rings is 2. The number of hydrogen-bond donors (Lipinski definition) is 1. The fraction of sp³-hybridized carbons (Fsp3) is 0.421. The standard InChI is InChI=1S/C19H21N3O2S2/c1-12-15-18(21-14-7-3-2-4-10-22(14)19(15)24)26-16(12)17(23)20-9-8-13-6-5-11-25-13/h5-6,11H,2-4,7-10H2,1H3,(H,20,23). The first-order chi connectivity index (χ1) is 12.6. The quantitative estimate of drug-likeness (QED) is 0.745. The summed E-state index contributed by atoms with van der Waals surface area (Å²) >= 11 is 3.03. The lowest BCUT2D eigenvalue weighted by molar-refractivity contribution is 0.0958. The molecule has 0 radical (unpaired) electrons. The van der Waals surface area contributed by atoms with Crippen molar-refractivity contribution >= 4 is 38.8 Å². The Morgan fingerprint density at radius 3 is 3.04 bits per heavy atom. The van der Waals surface area contributed by atoms with Gasteiger partial charge in [0.2, 0.25) is 0 Å². The molecule has 26 heavy (non-hydrogen) atoms. The molecule has 0 spiro atoms. The molecule has 0 atom stereocenters. The van der Waals surface area contributed by atoms with Crippen molar-refractivity contribution in [1.29, 1.82) is 0 Å². The molecule has 5 nitrogen and oxygen atoms in total. The van der Waals surface area contributed by atoms with E-state index in [1.54, 1.807) is 11.3 Å². The Bertz CT molecular complexity index is 1000. The minimum absolute atomic E-state index is 0.0123. The Labute approximate surface area is 159 Å². The van der Waals surface area contributed by atoms with E-state index in [1.165, 1.54) is 16.2 Å². The lowest BCUT2D eigenvalue weighted by Crippen LogP contribution is -2.26. The number of aryl methyl sites for hydroxylation is 2. The first kappa shape index (κ1) is 17.4. The van der Waals surface area contributed by atoms with Crippen LogP contribution in [0.2, 0.25) is 0 Å². The summed E-state index contributed by atoms with van der Waals surface area (Å²) in [5, 5.41) is 5.63. The molecule has 4 heterocycles. The SMILES string of the molecule is Cc1c(C(=O)NCCc2cccs2)sc2nc3n(c(=O)c12)CCCCC3. The third kappa shape index (κ3) is 3.21. The molecule has 1 amide bonds. The minimum Gasteiger partial charge on any atom is -0.351 e. The van der Waals surface area contributed by atoms with Gasteiger partial charge < -0.3 is 5.32 Å². The summed E-state index contributed by atoms with van der Waals surface area (Å²) in [4.78, 5) is 32.9. The Balaban J connectivity index is 1.61. The molecule has 0 saturated carbocycles. The number of rotatable bonds is 4. The molecule has 1 aliphatic heterocycles. The van der Waals surface area contributed by atoms with Gasteiger partial charge in [-0.25, -0.2) is 4.98 Å².